The highest BCUT2D eigenvalue weighted by atomic mass is 32.2. The minimum Gasteiger partial charge on any atom is -0.431 e. The van der Waals surface area contributed by atoms with Gasteiger partial charge in [0.1, 0.15) is 16.6 Å². The van der Waals surface area contributed by atoms with Gasteiger partial charge in [0, 0.05) is 4.88 Å². The molecule has 1 N–H and O–H groups in total. The molecule has 1 aliphatic rings. The molecule has 5 nitrogen and oxygen atoms in total. The van der Waals surface area contributed by atoms with E-state index in [0.717, 1.165) is 30.3 Å². The van der Waals surface area contributed by atoms with Gasteiger partial charge in [0.2, 0.25) is 5.91 Å². The summed E-state index contributed by atoms with van der Waals surface area (Å²) in [6.07, 6.45) is 2.79. The predicted molar refractivity (Wildman–Crippen MR) is 124 cm³/mol. The Morgan fingerprint density at radius 3 is 2.84 bits per heavy atom. The number of nitrogens with zero attached hydrogens (tertiary/aromatic N) is 2. The molecule has 2 aromatic carbocycles. The summed E-state index contributed by atoms with van der Waals surface area (Å²) in [6.45, 7) is 0. The maximum atomic E-state index is 12.6. The number of nitriles is 1. The largest absolute Gasteiger partial charge is 0.431 e. The summed E-state index contributed by atoms with van der Waals surface area (Å²) in [5.74, 6) is 0.464. The van der Waals surface area contributed by atoms with Crippen LogP contribution >= 0.6 is 23.1 Å². The number of rotatable bonds is 5. The number of fused-ring (bicyclic) bond motifs is 2. The maximum absolute atomic E-state index is 12.6. The first-order valence-corrected chi connectivity index (χ1v) is 11.9. The number of para-hydroxylation sites is 2. The summed E-state index contributed by atoms with van der Waals surface area (Å²) in [7, 11) is 0. The van der Waals surface area contributed by atoms with E-state index >= 15 is 0 Å². The van der Waals surface area contributed by atoms with Crippen molar-refractivity contribution in [1.82, 2.24) is 4.98 Å². The Labute approximate surface area is 188 Å². The highest BCUT2D eigenvalue weighted by Crippen LogP contribution is 2.42. The van der Waals surface area contributed by atoms with Gasteiger partial charge in [-0.05, 0) is 48.4 Å². The molecule has 154 valence electrons. The number of benzene rings is 2. The zero-order valence-electron chi connectivity index (χ0n) is 16.6. The monoisotopic (exact) mass is 445 g/mol. The molecule has 5 rings (SSSR count). The van der Waals surface area contributed by atoms with Crippen molar-refractivity contribution < 1.29 is 9.21 Å². The smallest absolute Gasteiger partial charge is 0.257 e. The fourth-order valence-corrected chi connectivity index (χ4v) is 5.94. The summed E-state index contributed by atoms with van der Waals surface area (Å²) in [4.78, 5) is 18.2. The number of anilines is 1. The molecule has 1 aliphatic carbocycles. The van der Waals surface area contributed by atoms with E-state index in [9.17, 15) is 10.1 Å². The Morgan fingerprint density at radius 2 is 2.03 bits per heavy atom. The number of amides is 1. The first-order chi connectivity index (χ1) is 15.2. The van der Waals surface area contributed by atoms with Gasteiger partial charge in [-0.15, -0.1) is 11.3 Å². The highest BCUT2D eigenvalue weighted by molar-refractivity contribution is 7.99. The highest BCUT2D eigenvalue weighted by Gasteiger charge is 2.27. The molecule has 0 radical (unpaired) electrons. The summed E-state index contributed by atoms with van der Waals surface area (Å²) < 4.78 is 5.66. The van der Waals surface area contributed by atoms with Crippen LogP contribution in [-0.4, -0.2) is 16.6 Å². The number of carbonyl (C=O) groups excluding carboxylic acids is 1. The summed E-state index contributed by atoms with van der Waals surface area (Å²) in [6, 6.07) is 20.3. The van der Waals surface area contributed by atoms with E-state index in [-0.39, 0.29) is 11.7 Å². The van der Waals surface area contributed by atoms with Crippen LogP contribution < -0.4 is 5.32 Å². The molecule has 1 atom stereocenters. The molecular formula is C24H19N3O2S2. The SMILES string of the molecule is N#Cc1c(NC(=O)CSc2nc3ccccc3o2)sc2c1CC[C@@H](c1ccccc1)C2. The number of hydrogen-bond acceptors (Lipinski definition) is 6. The molecule has 0 unspecified atom stereocenters. The lowest BCUT2D eigenvalue weighted by Gasteiger charge is -2.22. The zero-order valence-corrected chi connectivity index (χ0v) is 18.3. The van der Waals surface area contributed by atoms with Crippen LogP contribution in [0.5, 0.6) is 0 Å². The summed E-state index contributed by atoms with van der Waals surface area (Å²) in [5, 5.41) is 13.8. The summed E-state index contributed by atoms with van der Waals surface area (Å²) in [5.41, 5.74) is 4.53. The van der Waals surface area contributed by atoms with Crippen LogP contribution in [0, 0.1) is 11.3 Å². The number of oxazole rings is 1. The Balaban J connectivity index is 1.28. The third-order valence-corrected chi connectivity index (χ3v) is 7.50. The third kappa shape index (κ3) is 4.09. The molecule has 1 amide bonds. The lowest BCUT2D eigenvalue weighted by Crippen LogP contribution is -2.14. The zero-order chi connectivity index (χ0) is 21.2. The number of thioether (sulfide) groups is 1. The van der Waals surface area contributed by atoms with Crippen molar-refractivity contribution in [1.29, 1.82) is 5.26 Å². The molecule has 0 bridgehead atoms. The van der Waals surface area contributed by atoms with Crippen LogP contribution in [0.25, 0.3) is 11.1 Å². The van der Waals surface area contributed by atoms with E-state index in [4.69, 9.17) is 4.42 Å². The van der Waals surface area contributed by atoms with Crippen LogP contribution in [0.1, 0.15) is 33.9 Å². The molecule has 0 fully saturated rings. The number of carbonyl (C=O) groups is 1. The second kappa shape index (κ2) is 8.58. The van der Waals surface area contributed by atoms with Crippen LogP contribution in [0.15, 0.2) is 64.2 Å². The summed E-state index contributed by atoms with van der Waals surface area (Å²) >= 11 is 2.79. The molecule has 31 heavy (non-hydrogen) atoms. The second-order valence-corrected chi connectivity index (χ2v) is 9.49. The van der Waals surface area contributed by atoms with E-state index in [2.05, 4.69) is 40.6 Å². The molecule has 0 saturated carbocycles. The van der Waals surface area contributed by atoms with Gasteiger partial charge in [-0.2, -0.15) is 5.26 Å². The Hall–Kier alpha value is -3.08. The van der Waals surface area contributed by atoms with Gasteiger partial charge in [0.25, 0.3) is 5.22 Å². The van der Waals surface area contributed by atoms with Gasteiger partial charge in [-0.3, -0.25) is 4.79 Å². The van der Waals surface area contributed by atoms with Crippen molar-refractivity contribution >= 4 is 45.1 Å². The topological polar surface area (TPSA) is 78.9 Å². The predicted octanol–water partition coefficient (Wildman–Crippen LogP) is 5.76. The van der Waals surface area contributed by atoms with Gasteiger partial charge in [0.05, 0.1) is 11.3 Å². The number of aromatic nitrogens is 1. The van der Waals surface area contributed by atoms with Gasteiger partial charge in [-0.25, -0.2) is 4.98 Å². The third-order valence-electron chi connectivity index (χ3n) is 5.50. The van der Waals surface area contributed by atoms with Crippen molar-refractivity contribution in [2.45, 2.75) is 30.4 Å². The van der Waals surface area contributed by atoms with E-state index in [0.29, 0.717) is 27.3 Å². The Morgan fingerprint density at radius 1 is 1.23 bits per heavy atom. The van der Waals surface area contributed by atoms with Crippen LogP contribution in [0.4, 0.5) is 5.00 Å². The molecule has 7 heteroatoms. The second-order valence-electron chi connectivity index (χ2n) is 7.45. The lowest BCUT2D eigenvalue weighted by atomic mass is 9.83. The molecule has 0 saturated heterocycles. The molecule has 2 heterocycles. The van der Waals surface area contributed by atoms with Crippen LogP contribution in [-0.2, 0) is 17.6 Å². The van der Waals surface area contributed by atoms with Crippen molar-refractivity contribution in [2.24, 2.45) is 0 Å². The number of nitrogens with one attached hydrogen (secondary N) is 1. The maximum Gasteiger partial charge on any atom is 0.257 e. The molecule has 0 aliphatic heterocycles. The molecule has 4 aromatic rings. The molecular weight excluding hydrogens is 426 g/mol. The van der Waals surface area contributed by atoms with Crippen LogP contribution in [0.3, 0.4) is 0 Å². The molecule has 2 aromatic heterocycles. The normalized spacial score (nSPS) is 15.4. The van der Waals surface area contributed by atoms with Gasteiger partial charge in [-0.1, -0.05) is 54.2 Å². The minimum absolute atomic E-state index is 0.165. The van der Waals surface area contributed by atoms with Gasteiger partial charge >= 0.3 is 0 Å². The first-order valence-electron chi connectivity index (χ1n) is 10.1. The first kappa shape index (κ1) is 19.9. The van der Waals surface area contributed by atoms with Crippen molar-refractivity contribution in [2.75, 3.05) is 11.1 Å². The minimum atomic E-state index is -0.165. The van der Waals surface area contributed by atoms with E-state index < -0.39 is 0 Å². The van der Waals surface area contributed by atoms with Gasteiger partial charge in [0.15, 0.2) is 5.58 Å². The van der Waals surface area contributed by atoms with Crippen molar-refractivity contribution in [3.63, 3.8) is 0 Å². The van der Waals surface area contributed by atoms with Crippen molar-refractivity contribution in [3.05, 3.63) is 76.2 Å². The Bertz CT molecular complexity index is 1250. The average molecular weight is 446 g/mol. The van der Waals surface area contributed by atoms with Crippen molar-refractivity contribution in [3.8, 4) is 6.07 Å². The lowest BCUT2D eigenvalue weighted by molar-refractivity contribution is -0.113. The standard InChI is InChI=1S/C24H19N3O2S2/c25-13-18-17-11-10-16(15-6-2-1-3-7-15)12-21(17)31-23(18)27-22(28)14-30-24-26-19-8-4-5-9-20(19)29-24/h1-9,16H,10-12,14H2,(H,27,28)/t16-/m1/s1. The quantitative estimate of drug-likeness (QED) is 0.395. The Kier molecular flexibility index (Phi) is 5.49. The fraction of sp³-hybridized carbons (Fsp3) is 0.208. The molecule has 0 spiro atoms. The van der Waals surface area contributed by atoms with Crippen LogP contribution in [0.2, 0.25) is 0 Å². The average Bonchev–Trinajstić information content (AvgIpc) is 3.38. The van der Waals surface area contributed by atoms with E-state index in [1.54, 1.807) is 0 Å². The van der Waals surface area contributed by atoms with E-state index in [1.165, 1.54) is 33.5 Å². The number of thiophene rings is 1. The van der Waals surface area contributed by atoms with Gasteiger partial charge < -0.3 is 9.73 Å². The number of hydrogen-bond donors (Lipinski definition) is 1. The fourth-order valence-electron chi connectivity index (χ4n) is 4.00. The van der Waals surface area contributed by atoms with E-state index in [1.807, 2.05) is 30.3 Å².